The van der Waals surface area contributed by atoms with Crippen molar-refractivity contribution in [2.45, 2.75) is 19.8 Å². The number of benzene rings is 1. The molecule has 0 saturated carbocycles. The van der Waals surface area contributed by atoms with Gasteiger partial charge in [0, 0.05) is 0 Å². The highest BCUT2D eigenvalue weighted by molar-refractivity contribution is 6.58. The highest BCUT2D eigenvalue weighted by Crippen LogP contribution is 2.25. The summed E-state index contributed by atoms with van der Waals surface area (Å²) in [6, 6.07) is 0. The molecule has 0 aliphatic rings. The summed E-state index contributed by atoms with van der Waals surface area (Å²) in [7, 11) is -2.65. The number of unbranched alkanes of at least 4 members (excludes halogenated alkanes) is 1. The lowest BCUT2D eigenvalue weighted by Gasteiger charge is -2.12. The third kappa shape index (κ3) is 2.76. The largest absolute Gasteiger partial charge is 0.494 e. The van der Waals surface area contributed by atoms with Crippen LogP contribution in [0.25, 0.3) is 0 Å². The van der Waals surface area contributed by atoms with E-state index in [2.05, 4.69) is 4.74 Å². The lowest BCUT2D eigenvalue weighted by atomic mass is 9.79. The fraction of sp³-hybridized carbons (Fsp3) is 0.400. The average molecular weight is 266 g/mol. The summed E-state index contributed by atoms with van der Waals surface area (Å²) in [5.74, 6) is -8.52. The molecule has 3 nitrogen and oxygen atoms in total. The molecule has 0 atom stereocenters. The van der Waals surface area contributed by atoms with Crippen molar-refractivity contribution in [2.75, 3.05) is 6.61 Å². The van der Waals surface area contributed by atoms with Gasteiger partial charge in [0.05, 0.1) is 12.1 Å². The molecule has 0 radical (unpaired) electrons. The van der Waals surface area contributed by atoms with Crippen LogP contribution < -0.4 is 10.2 Å². The van der Waals surface area contributed by atoms with Gasteiger partial charge < -0.3 is 14.8 Å². The molecule has 0 bridgehead atoms. The Morgan fingerprint density at radius 2 is 1.50 bits per heavy atom. The summed E-state index contributed by atoms with van der Waals surface area (Å²) < 4.78 is 57.9. The molecular formula is C10H11BF4O3. The van der Waals surface area contributed by atoms with Gasteiger partial charge >= 0.3 is 7.12 Å². The Morgan fingerprint density at radius 3 is 1.89 bits per heavy atom. The summed E-state index contributed by atoms with van der Waals surface area (Å²) in [5.41, 5.74) is -1.48. The van der Waals surface area contributed by atoms with E-state index < -0.39 is 41.6 Å². The van der Waals surface area contributed by atoms with Gasteiger partial charge in [0.1, 0.15) is 0 Å². The molecule has 0 aliphatic heterocycles. The van der Waals surface area contributed by atoms with Gasteiger partial charge in [-0.25, -0.2) is 8.78 Å². The Balaban J connectivity index is 3.21. The molecule has 0 saturated heterocycles. The van der Waals surface area contributed by atoms with Gasteiger partial charge in [0.2, 0.25) is 11.6 Å². The van der Waals surface area contributed by atoms with E-state index in [1.165, 1.54) is 0 Å². The highest BCUT2D eigenvalue weighted by Gasteiger charge is 2.32. The van der Waals surface area contributed by atoms with Crippen molar-refractivity contribution in [3.05, 3.63) is 23.3 Å². The van der Waals surface area contributed by atoms with Crippen molar-refractivity contribution < 1.29 is 32.3 Å². The van der Waals surface area contributed by atoms with Gasteiger partial charge in [0.15, 0.2) is 17.4 Å². The molecule has 0 fully saturated rings. The van der Waals surface area contributed by atoms with E-state index in [9.17, 15) is 17.6 Å². The Hall–Kier alpha value is -1.28. The van der Waals surface area contributed by atoms with Crippen molar-refractivity contribution in [2.24, 2.45) is 0 Å². The van der Waals surface area contributed by atoms with Gasteiger partial charge in [-0.3, -0.25) is 0 Å². The first-order chi connectivity index (χ1) is 8.41. The predicted molar refractivity (Wildman–Crippen MR) is 56.5 cm³/mol. The van der Waals surface area contributed by atoms with Crippen LogP contribution in [0.15, 0.2) is 0 Å². The van der Waals surface area contributed by atoms with Crippen LogP contribution in [0.3, 0.4) is 0 Å². The van der Waals surface area contributed by atoms with E-state index in [4.69, 9.17) is 10.0 Å². The Labute approximate surface area is 101 Å². The number of rotatable bonds is 5. The minimum Gasteiger partial charge on any atom is -0.487 e. The molecule has 0 heterocycles. The fourth-order valence-electron chi connectivity index (χ4n) is 1.30. The first kappa shape index (κ1) is 14.8. The number of hydrogen-bond donors (Lipinski definition) is 2. The molecule has 18 heavy (non-hydrogen) atoms. The van der Waals surface area contributed by atoms with E-state index in [1.807, 2.05) is 0 Å². The van der Waals surface area contributed by atoms with Crippen LogP contribution >= 0.6 is 0 Å². The monoisotopic (exact) mass is 266 g/mol. The van der Waals surface area contributed by atoms with E-state index in [-0.39, 0.29) is 6.61 Å². The molecule has 0 unspecified atom stereocenters. The van der Waals surface area contributed by atoms with Crippen molar-refractivity contribution in [3.63, 3.8) is 0 Å². The van der Waals surface area contributed by atoms with Crippen LogP contribution in [0, 0.1) is 23.3 Å². The molecule has 8 heteroatoms. The molecule has 1 aromatic carbocycles. The number of halogens is 4. The Kier molecular flexibility index (Phi) is 4.98. The van der Waals surface area contributed by atoms with Crippen molar-refractivity contribution in [3.8, 4) is 5.75 Å². The van der Waals surface area contributed by atoms with Gasteiger partial charge in [-0.05, 0) is 6.42 Å². The lowest BCUT2D eigenvalue weighted by molar-refractivity contribution is 0.267. The van der Waals surface area contributed by atoms with Crippen LogP contribution in [0.2, 0.25) is 0 Å². The molecule has 0 aliphatic carbocycles. The molecule has 1 rings (SSSR count). The molecule has 100 valence electrons. The molecule has 1 aromatic rings. The normalized spacial score (nSPS) is 10.6. The standard InChI is InChI=1S/C10H11BF4O3/c1-2-3-4-18-10-8(14)6(12)5(11(16)17)7(13)9(10)15/h16-17H,2-4H2,1H3. The van der Waals surface area contributed by atoms with E-state index in [0.717, 1.165) is 0 Å². The average Bonchev–Trinajstić information content (AvgIpc) is 2.31. The van der Waals surface area contributed by atoms with Gasteiger partial charge in [0.25, 0.3) is 0 Å². The summed E-state index contributed by atoms with van der Waals surface area (Å²) in [5, 5.41) is 17.3. The first-order valence-electron chi connectivity index (χ1n) is 5.26. The molecule has 0 aromatic heterocycles. The summed E-state index contributed by atoms with van der Waals surface area (Å²) in [6.45, 7) is 1.69. The van der Waals surface area contributed by atoms with E-state index >= 15 is 0 Å². The smallest absolute Gasteiger partial charge is 0.487 e. The van der Waals surface area contributed by atoms with Crippen molar-refractivity contribution >= 4 is 12.6 Å². The quantitative estimate of drug-likeness (QED) is 0.363. The van der Waals surface area contributed by atoms with Crippen LogP contribution in [-0.4, -0.2) is 23.8 Å². The number of ether oxygens (including phenoxy) is 1. The number of hydrogen-bond acceptors (Lipinski definition) is 3. The zero-order chi connectivity index (χ0) is 13.9. The zero-order valence-electron chi connectivity index (χ0n) is 9.51. The second kappa shape index (κ2) is 6.06. The van der Waals surface area contributed by atoms with Crippen molar-refractivity contribution in [1.29, 1.82) is 0 Å². The van der Waals surface area contributed by atoms with Gasteiger partial charge in [-0.2, -0.15) is 8.78 Å². The van der Waals surface area contributed by atoms with E-state index in [1.54, 1.807) is 6.92 Å². The molecular weight excluding hydrogens is 255 g/mol. The highest BCUT2D eigenvalue weighted by atomic mass is 19.2. The summed E-state index contributed by atoms with van der Waals surface area (Å²) >= 11 is 0. The molecule has 2 N–H and O–H groups in total. The van der Waals surface area contributed by atoms with E-state index in [0.29, 0.717) is 12.8 Å². The zero-order valence-corrected chi connectivity index (χ0v) is 9.51. The third-order valence-electron chi connectivity index (χ3n) is 2.26. The second-order valence-corrected chi connectivity index (χ2v) is 3.57. The SMILES string of the molecule is CCCCOc1c(F)c(F)c(B(O)O)c(F)c1F. The molecule has 0 amide bonds. The van der Waals surface area contributed by atoms with Crippen LogP contribution in [0.1, 0.15) is 19.8 Å². The first-order valence-corrected chi connectivity index (χ1v) is 5.26. The topological polar surface area (TPSA) is 49.7 Å². The Morgan fingerprint density at radius 1 is 1.00 bits per heavy atom. The summed E-state index contributed by atoms with van der Waals surface area (Å²) in [4.78, 5) is 0. The maximum atomic E-state index is 13.4. The third-order valence-corrected chi connectivity index (χ3v) is 2.26. The van der Waals surface area contributed by atoms with Crippen LogP contribution in [-0.2, 0) is 0 Å². The lowest BCUT2D eigenvalue weighted by Crippen LogP contribution is -2.37. The van der Waals surface area contributed by atoms with Crippen LogP contribution in [0.4, 0.5) is 17.6 Å². The van der Waals surface area contributed by atoms with Gasteiger partial charge in [-0.15, -0.1) is 0 Å². The maximum Gasteiger partial charge on any atom is 0.494 e. The maximum absolute atomic E-state index is 13.4. The Bertz CT molecular complexity index is 411. The second-order valence-electron chi connectivity index (χ2n) is 3.57. The fourth-order valence-corrected chi connectivity index (χ4v) is 1.30. The minimum absolute atomic E-state index is 0.107. The van der Waals surface area contributed by atoms with Crippen molar-refractivity contribution in [1.82, 2.24) is 0 Å². The molecule has 0 spiro atoms. The van der Waals surface area contributed by atoms with Gasteiger partial charge in [-0.1, -0.05) is 13.3 Å². The predicted octanol–water partition coefficient (Wildman–Crippen LogP) is 1.10. The minimum atomic E-state index is -2.65. The summed E-state index contributed by atoms with van der Waals surface area (Å²) in [6.07, 6.45) is 1.12. The van der Waals surface area contributed by atoms with Crippen LogP contribution in [0.5, 0.6) is 5.75 Å².